The molecule has 2 N–H and O–H groups in total. The average molecular weight is 192 g/mol. The van der Waals surface area contributed by atoms with Gasteiger partial charge in [-0.05, 0) is 19.9 Å². The van der Waals surface area contributed by atoms with E-state index in [1.807, 2.05) is 6.92 Å². The number of rotatable bonds is 1. The van der Waals surface area contributed by atoms with Gasteiger partial charge in [0, 0.05) is 0 Å². The molecule has 0 aliphatic rings. The zero-order chi connectivity index (χ0) is 10.6. The Balaban J connectivity index is 3.62. The second-order valence-electron chi connectivity index (χ2n) is 2.72. The summed E-state index contributed by atoms with van der Waals surface area (Å²) in [5.74, 6) is 0. The number of aromatic amines is 2. The third kappa shape index (κ3) is 2.10. The summed E-state index contributed by atoms with van der Waals surface area (Å²) in [5, 5.41) is 0.548. The molecule has 0 saturated heterocycles. The summed E-state index contributed by atoms with van der Waals surface area (Å²) in [6.45, 7) is 3.52. The van der Waals surface area contributed by atoms with Crippen LogP contribution >= 0.6 is 0 Å². The highest BCUT2D eigenvalue weighted by Gasteiger charge is 1.91. The predicted molar refractivity (Wildman–Crippen MR) is 56.4 cm³/mol. The van der Waals surface area contributed by atoms with Crippen LogP contribution in [-0.2, 0) is 0 Å². The molecule has 0 spiro atoms. The van der Waals surface area contributed by atoms with Crippen molar-refractivity contribution in [3.05, 3.63) is 43.6 Å². The van der Waals surface area contributed by atoms with Crippen molar-refractivity contribution in [1.29, 1.82) is 0 Å². The Kier molecular flexibility index (Phi) is 3.23. The van der Waals surface area contributed by atoms with E-state index in [4.69, 9.17) is 0 Å². The second kappa shape index (κ2) is 4.41. The molecule has 74 valence electrons. The smallest absolute Gasteiger partial charge is 0.272 e. The van der Waals surface area contributed by atoms with Gasteiger partial charge in [-0.3, -0.25) is 9.59 Å². The van der Waals surface area contributed by atoms with E-state index in [9.17, 15) is 9.59 Å². The lowest BCUT2D eigenvalue weighted by Crippen LogP contribution is -2.46. The Morgan fingerprint density at radius 1 is 1.00 bits per heavy atom. The van der Waals surface area contributed by atoms with Crippen LogP contribution in [0.3, 0.4) is 0 Å². The molecule has 0 aliphatic carbocycles. The number of aromatic nitrogens is 2. The lowest BCUT2D eigenvalue weighted by molar-refractivity contribution is 1.00. The molecule has 0 aliphatic heterocycles. The molecule has 4 nitrogen and oxygen atoms in total. The number of nitrogens with one attached hydrogen (secondary N) is 2. The maximum atomic E-state index is 11.3. The van der Waals surface area contributed by atoms with Crippen molar-refractivity contribution in [2.45, 2.75) is 13.8 Å². The summed E-state index contributed by atoms with van der Waals surface area (Å²) in [4.78, 5) is 27.6. The molecule has 1 aromatic rings. The molecule has 1 aromatic heterocycles. The first-order valence-corrected chi connectivity index (χ1v) is 4.31. The molecule has 0 amide bonds. The predicted octanol–water partition coefficient (Wildman–Crippen LogP) is -0.780. The topological polar surface area (TPSA) is 65.7 Å². The highest BCUT2D eigenvalue weighted by atomic mass is 16.1. The first-order valence-electron chi connectivity index (χ1n) is 4.31. The van der Waals surface area contributed by atoms with E-state index in [-0.39, 0.29) is 21.8 Å². The van der Waals surface area contributed by atoms with Gasteiger partial charge in [-0.25, -0.2) is 0 Å². The number of allylic oxidation sites excluding steroid dienone is 2. The number of hydrogen-bond acceptors (Lipinski definition) is 2. The van der Waals surface area contributed by atoms with E-state index in [0.717, 1.165) is 0 Å². The van der Waals surface area contributed by atoms with E-state index < -0.39 is 0 Å². The fourth-order valence-electron chi connectivity index (χ4n) is 1.01. The van der Waals surface area contributed by atoms with E-state index in [2.05, 4.69) is 9.97 Å². The van der Waals surface area contributed by atoms with Crippen LogP contribution in [0.1, 0.15) is 13.8 Å². The summed E-state index contributed by atoms with van der Waals surface area (Å²) in [6.07, 6.45) is 6.58. The van der Waals surface area contributed by atoms with Crippen LogP contribution in [0.25, 0.3) is 12.2 Å². The fraction of sp³-hybridized carbons (Fsp3) is 0.200. The van der Waals surface area contributed by atoms with Crippen molar-refractivity contribution in [3.63, 3.8) is 0 Å². The van der Waals surface area contributed by atoms with Gasteiger partial charge in [0.25, 0.3) is 11.1 Å². The normalized spacial score (nSPS) is 14.1. The molecule has 1 rings (SSSR count). The summed E-state index contributed by atoms with van der Waals surface area (Å²) < 4.78 is 0. The molecule has 0 bridgehead atoms. The maximum absolute atomic E-state index is 11.3. The van der Waals surface area contributed by atoms with Gasteiger partial charge < -0.3 is 9.97 Å². The zero-order valence-electron chi connectivity index (χ0n) is 8.13. The lowest BCUT2D eigenvalue weighted by atomic mass is 10.4. The largest absolute Gasteiger partial charge is 0.316 e. The van der Waals surface area contributed by atoms with Crippen molar-refractivity contribution >= 4 is 12.2 Å². The first kappa shape index (κ1) is 10.2. The van der Waals surface area contributed by atoms with Gasteiger partial charge in [-0.2, -0.15) is 0 Å². The summed E-state index contributed by atoms with van der Waals surface area (Å²) in [6, 6.07) is 0. The zero-order valence-corrected chi connectivity index (χ0v) is 8.13. The third-order valence-electron chi connectivity index (χ3n) is 1.73. The van der Waals surface area contributed by atoms with Gasteiger partial charge >= 0.3 is 0 Å². The standard InChI is InChI=1S/C10H12N2O2/c1-3-5-6-8-10(14)11-7(4-2)9(13)12-8/h3-6H,1-2H3,(H,11,14)(H,12,13)/b5-3+,7-4-,8-6+. The molecular weight excluding hydrogens is 180 g/mol. The Labute approximate surface area is 80.3 Å². The van der Waals surface area contributed by atoms with Crippen molar-refractivity contribution in [2.24, 2.45) is 0 Å². The van der Waals surface area contributed by atoms with Crippen LogP contribution < -0.4 is 21.8 Å². The van der Waals surface area contributed by atoms with Crippen molar-refractivity contribution < 1.29 is 0 Å². The van der Waals surface area contributed by atoms with E-state index in [1.54, 1.807) is 31.2 Å². The third-order valence-corrected chi connectivity index (χ3v) is 1.73. The van der Waals surface area contributed by atoms with E-state index >= 15 is 0 Å². The minimum absolute atomic E-state index is 0.263. The molecule has 0 unspecified atom stereocenters. The van der Waals surface area contributed by atoms with Crippen molar-refractivity contribution in [2.75, 3.05) is 0 Å². The summed E-state index contributed by atoms with van der Waals surface area (Å²) >= 11 is 0. The number of H-pyrrole nitrogens is 2. The van der Waals surface area contributed by atoms with Gasteiger partial charge in [0.15, 0.2) is 0 Å². The SMILES string of the molecule is C/C=c1\[nH]c(=O)/c(=C\C=C\C)[nH]c1=O. The Bertz CT molecular complexity index is 561. The monoisotopic (exact) mass is 192 g/mol. The molecular formula is C10H12N2O2. The lowest BCUT2D eigenvalue weighted by Gasteiger charge is -1.86. The highest BCUT2D eigenvalue weighted by Crippen LogP contribution is 1.67. The second-order valence-corrected chi connectivity index (χ2v) is 2.72. The number of hydrogen-bond donors (Lipinski definition) is 2. The Hall–Kier alpha value is -1.84. The van der Waals surface area contributed by atoms with Crippen LogP contribution in [0.4, 0.5) is 0 Å². The van der Waals surface area contributed by atoms with E-state index in [0.29, 0.717) is 0 Å². The van der Waals surface area contributed by atoms with Crippen LogP contribution in [0, 0.1) is 0 Å². The van der Waals surface area contributed by atoms with Crippen LogP contribution in [0.15, 0.2) is 21.7 Å². The van der Waals surface area contributed by atoms with Gasteiger partial charge in [-0.1, -0.05) is 18.2 Å². The fourth-order valence-corrected chi connectivity index (χ4v) is 1.01. The molecule has 0 radical (unpaired) electrons. The highest BCUT2D eigenvalue weighted by molar-refractivity contribution is 5.32. The van der Waals surface area contributed by atoms with Gasteiger partial charge in [0.2, 0.25) is 0 Å². The van der Waals surface area contributed by atoms with E-state index in [1.165, 1.54) is 0 Å². The van der Waals surface area contributed by atoms with Gasteiger partial charge in [-0.15, -0.1) is 0 Å². The molecule has 4 heteroatoms. The Morgan fingerprint density at radius 3 is 2.14 bits per heavy atom. The summed E-state index contributed by atoms with van der Waals surface area (Å²) in [5.41, 5.74) is -0.585. The van der Waals surface area contributed by atoms with Gasteiger partial charge in [0.1, 0.15) is 10.7 Å². The molecule has 0 aromatic carbocycles. The maximum Gasteiger partial charge on any atom is 0.272 e. The van der Waals surface area contributed by atoms with Gasteiger partial charge in [0.05, 0.1) is 0 Å². The molecule has 14 heavy (non-hydrogen) atoms. The van der Waals surface area contributed by atoms with Crippen LogP contribution in [0.2, 0.25) is 0 Å². The summed E-state index contributed by atoms with van der Waals surface area (Å²) in [7, 11) is 0. The minimum atomic E-state index is -0.296. The molecule has 0 atom stereocenters. The van der Waals surface area contributed by atoms with Crippen molar-refractivity contribution in [1.82, 2.24) is 9.97 Å². The molecule has 0 saturated carbocycles. The van der Waals surface area contributed by atoms with Crippen molar-refractivity contribution in [3.8, 4) is 0 Å². The van der Waals surface area contributed by atoms with Crippen LogP contribution in [0.5, 0.6) is 0 Å². The first-order chi connectivity index (χ1) is 6.69. The molecule has 0 fully saturated rings. The molecule has 1 heterocycles. The average Bonchev–Trinajstić information content (AvgIpc) is 2.18. The van der Waals surface area contributed by atoms with Crippen LogP contribution in [-0.4, -0.2) is 9.97 Å². The minimum Gasteiger partial charge on any atom is -0.316 e. The quantitative estimate of drug-likeness (QED) is 0.613. The Morgan fingerprint density at radius 2 is 1.57 bits per heavy atom.